The van der Waals surface area contributed by atoms with Crippen LogP contribution in [0.3, 0.4) is 0 Å². The first kappa shape index (κ1) is 14.1. The third-order valence-corrected chi connectivity index (χ3v) is 3.00. The number of carbonyl (C=O) groups excluding carboxylic acids is 1. The lowest BCUT2D eigenvalue weighted by molar-refractivity contribution is 0.262. The van der Waals surface area contributed by atoms with E-state index in [1.807, 2.05) is 32.0 Å². The van der Waals surface area contributed by atoms with Crippen molar-refractivity contribution in [3.8, 4) is 0 Å². The number of nitrogens with one attached hydrogen (secondary N) is 2. The summed E-state index contributed by atoms with van der Waals surface area (Å²) >= 11 is 0. The molecule has 0 unspecified atom stereocenters. The highest BCUT2D eigenvalue weighted by Crippen LogP contribution is 2.18. The fourth-order valence-electron chi connectivity index (χ4n) is 2.07. The van der Waals surface area contributed by atoms with Gasteiger partial charge >= 0.3 is 6.03 Å². The van der Waals surface area contributed by atoms with E-state index < -0.39 is 0 Å². The second-order valence-electron chi connectivity index (χ2n) is 4.87. The third-order valence-electron chi connectivity index (χ3n) is 3.00. The molecule has 0 heterocycles. The fraction of sp³-hybridized carbons (Fsp3) is 0.188. The minimum absolute atomic E-state index is 0.339. The molecule has 0 fully saturated rings. The van der Waals surface area contributed by atoms with Gasteiger partial charge in [0.2, 0.25) is 0 Å². The standard InChI is InChI=1S/C16H17FN2O/c1-10-7-11(2)9-13(8-10)18-16(20)19-15-6-4-5-14(17)12(15)3/h4-9H,1-3H3,(H2,18,19,20). The highest BCUT2D eigenvalue weighted by atomic mass is 19.1. The second-order valence-corrected chi connectivity index (χ2v) is 4.87. The van der Waals surface area contributed by atoms with Crippen molar-refractivity contribution >= 4 is 17.4 Å². The molecule has 0 aliphatic rings. The molecule has 0 aliphatic carbocycles. The van der Waals surface area contributed by atoms with Crippen molar-refractivity contribution < 1.29 is 9.18 Å². The normalized spacial score (nSPS) is 10.2. The molecular formula is C16H17FN2O. The number of amides is 2. The number of halogens is 1. The number of aryl methyl sites for hydroxylation is 2. The summed E-state index contributed by atoms with van der Waals surface area (Å²) in [6, 6.07) is 10.00. The minimum Gasteiger partial charge on any atom is -0.308 e. The molecule has 4 heteroatoms. The molecule has 2 aromatic carbocycles. The molecule has 0 aromatic heterocycles. The zero-order valence-electron chi connectivity index (χ0n) is 11.8. The first-order valence-electron chi connectivity index (χ1n) is 6.37. The van der Waals surface area contributed by atoms with Crippen LogP contribution in [0.15, 0.2) is 36.4 Å². The lowest BCUT2D eigenvalue weighted by atomic mass is 10.1. The van der Waals surface area contributed by atoms with E-state index in [0.717, 1.165) is 11.1 Å². The summed E-state index contributed by atoms with van der Waals surface area (Å²) in [5.74, 6) is -0.339. The summed E-state index contributed by atoms with van der Waals surface area (Å²) in [5.41, 5.74) is 3.74. The summed E-state index contributed by atoms with van der Waals surface area (Å²) < 4.78 is 13.4. The van der Waals surface area contributed by atoms with Gasteiger partial charge in [-0.2, -0.15) is 0 Å². The molecule has 2 aromatic rings. The fourth-order valence-corrected chi connectivity index (χ4v) is 2.07. The van der Waals surface area contributed by atoms with Crippen LogP contribution in [0.25, 0.3) is 0 Å². The molecule has 2 rings (SSSR count). The van der Waals surface area contributed by atoms with Gasteiger partial charge in [0.1, 0.15) is 5.82 Å². The smallest absolute Gasteiger partial charge is 0.308 e. The van der Waals surface area contributed by atoms with Crippen LogP contribution in [0.4, 0.5) is 20.6 Å². The van der Waals surface area contributed by atoms with Crippen LogP contribution in [0, 0.1) is 26.6 Å². The van der Waals surface area contributed by atoms with Crippen LogP contribution in [0.5, 0.6) is 0 Å². The maximum Gasteiger partial charge on any atom is 0.323 e. The van der Waals surface area contributed by atoms with Crippen LogP contribution in [0.2, 0.25) is 0 Å². The monoisotopic (exact) mass is 272 g/mol. The number of hydrogen-bond acceptors (Lipinski definition) is 1. The van der Waals surface area contributed by atoms with Crippen molar-refractivity contribution in [3.05, 3.63) is 58.9 Å². The lowest BCUT2D eigenvalue weighted by Crippen LogP contribution is -2.20. The summed E-state index contributed by atoms with van der Waals surface area (Å²) in [4.78, 5) is 11.9. The van der Waals surface area contributed by atoms with E-state index in [-0.39, 0.29) is 11.8 Å². The van der Waals surface area contributed by atoms with E-state index in [1.54, 1.807) is 19.1 Å². The van der Waals surface area contributed by atoms with E-state index in [2.05, 4.69) is 10.6 Å². The van der Waals surface area contributed by atoms with Crippen LogP contribution < -0.4 is 10.6 Å². The molecule has 0 bridgehead atoms. The van der Waals surface area contributed by atoms with Crippen molar-refractivity contribution in [3.63, 3.8) is 0 Å². The number of rotatable bonds is 2. The molecule has 2 N–H and O–H groups in total. The average molecular weight is 272 g/mol. The van der Waals surface area contributed by atoms with Crippen LogP contribution in [-0.4, -0.2) is 6.03 Å². The molecule has 0 saturated heterocycles. The number of hydrogen-bond donors (Lipinski definition) is 2. The van der Waals surface area contributed by atoms with E-state index >= 15 is 0 Å². The number of benzene rings is 2. The molecule has 2 amide bonds. The molecule has 0 radical (unpaired) electrons. The molecule has 3 nitrogen and oxygen atoms in total. The Morgan fingerprint density at radius 3 is 2.30 bits per heavy atom. The van der Waals surface area contributed by atoms with Crippen molar-refractivity contribution in [2.75, 3.05) is 10.6 Å². The second kappa shape index (κ2) is 5.74. The van der Waals surface area contributed by atoms with E-state index in [0.29, 0.717) is 16.9 Å². The Morgan fingerprint density at radius 2 is 1.65 bits per heavy atom. The van der Waals surface area contributed by atoms with Crippen molar-refractivity contribution in [2.45, 2.75) is 20.8 Å². The Morgan fingerprint density at radius 1 is 1.00 bits per heavy atom. The molecular weight excluding hydrogens is 255 g/mol. The first-order valence-corrected chi connectivity index (χ1v) is 6.37. The summed E-state index contributed by atoms with van der Waals surface area (Å²) in [7, 11) is 0. The topological polar surface area (TPSA) is 41.1 Å². The van der Waals surface area contributed by atoms with Gasteiger partial charge in [0.25, 0.3) is 0 Å². The Kier molecular flexibility index (Phi) is 4.03. The minimum atomic E-state index is -0.385. The predicted molar refractivity (Wildman–Crippen MR) is 79.7 cm³/mol. The van der Waals surface area contributed by atoms with Gasteiger partial charge in [-0.25, -0.2) is 9.18 Å². The van der Waals surface area contributed by atoms with Gasteiger partial charge in [0.15, 0.2) is 0 Å². The number of anilines is 2. The number of carbonyl (C=O) groups is 1. The summed E-state index contributed by atoms with van der Waals surface area (Å²) in [6.45, 7) is 5.56. The molecule has 104 valence electrons. The van der Waals surface area contributed by atoms with Gasteiger partial charge in [0.05, 0.1) is 0 Å². The van der Waals surface area contributed by atoms with E-state index in [4.69, 9.17) is 0 Å². The van der Waals surface area contributed by atoms with Gasteiger partial charge in [-0.1, -0.05) is 12.1 Å². The largest absolute Gasteiger partial charge is 0.323 e. The summed E-state index contributed by atoms with van der Waals surface area (Å²) in [6.07, 6.45) is 0. The highest BCUT2D eigenvalue weighted by Gasteiger charge is 2.07. The SMILES string of the molecule is Cc1cc(C)cc(NC(=O)Nc2cccc(F)c2C)c1. The van der Waals surface area contributed by atoms with Crippen LogP contribution >= 0.6 is 0 Å². The Hall–Kier alpha value is -2.36. The predicted octanol–water partition coefficient (Wildman–Crippen LogP) is 4.39. The quantitative estimate of drug-likeness (QED) is 0.836. The molecule has 0 atom stereocenters. The summed E-state index contributed by atoms with van der Waals surface area (Å²) in [5, 5.41) is 5.39. The van der Waals surface area contributed by atoms with Crippen molar-refractivity contribution in [1.82, 2.24) is 0 Å². The van der Waals surface area contributed by atoms with Crippen LogP contribution in [0.1, 0.15) is 16.7 Å². The van der Waals surface area contributed by atoms with Crippen LogP contribution in [-0.2, 0) is 0 Å². The average Bonchev–Trinajstić information content (AvgIpc) is 2.33. The van der Waals surface area contributed by atoms with E-state index in [1.165, 1.54) is 6.07 Å². The molecule has 0 saturated carbocycles. The zero-order chi connectivity index (χ0) is 14.7. The Balaban J connectivity index is 2.11. The van der Waals surface area contributed by atoms with Gasteiger partial charge < -0.3 is 10.6 Å². The molecule has 0 spiro atoms. The Labute approximate surface area is 117 Å². The number of urea groups is 1. The molecule has 20 heavy (non-hydrogen) atoms. The highest BCUT2D eigenvalue weighted by molar-refractivity contribution is 6.00. The zero-order valence-corrected chi connectivity index (χ0v) is 11.8. The van der Waals surface area contributed by atoms with Gasteiger partial charge in [-0.3, -0.25) is 0 Å². The maximum absolute atomic E-state index is 13.4. The first-order chi connectivity index (χ1) is 9.45. The van der Waals surface area contributed by atoms with E-state index in [9.17, 15) is 9.18 Å². The maximum atomic E-state index is 13.4. The van der Waals surface area contributed by atoms with Gasteiger partial charge in [-0.15, -0.1) is 0 Å². The van der Waals surface area contributed by atoms with Crippen molar-refractivity contribution in [1.29, 1.82) is 0 Å². The third kappa shape index (κ3) is 3.35. The lowest BCUT2D eigenvalue weighted by Gasteiger charge is -2.11. The van der Waals surface area contributed by atoms with Crippen molar-refractivity contribution in [2.24, 2.45) is 0 Å². The molecule has 0 aliphatic heterocycles. The van der Waals surface area contributed by atoms with Gasteiger partial charge in [0, 0.05) is 16.9 Å². The van der Waals surface area contributed by atoms with Gasteiger partial charge in [-0.05, 0) is 56.2 Å². The Bertz CT molecular complexity index is 633.